The van der Waals surface area contributed by atoms with Gasteiger partial charge in [0.15, 0.2) is 25.2 Å². The quantitative estimate of drug-likeness (QED) is 0.102. The van der Waals surface area contributed by atoms with E-state index in [4.69, 9.17) is 42.6 Å². The Morgan fingerprint density at radius 3 is 1.84 bits per heavy atom. The third kappa shape index (κ3) is 8.40. The van der Waals surface area contributed by atoms with Gasteiger partial charge in [-0.2, -0.15) is 0 Å². The summed E-state index contributed by atoms with van der Waals surface area (Å²) in [7, 11) is 0. The zero-order valence-electron chi connectivity index (χ0n) is 42.9. The van der Waals surface area contributed by atoms with Gasteiger partial charge in [0.05, 0.1) is 56.4 Å². The lowest BCUT2D eigenvalue weighted by atomic mass is 9.30. The van der Waals surface area contributed by atoms with Gasteiger partial charge in [0.1, 0.15) is 85.5 Å². The van der Waals surface area contributed by atoms with E-state index in [1.54, 1.807) is 0 Å². The molecule has 1 unspecified atom stereocenters. The van der Waals surface area contributed by atoms with Gasteiger partial charge >= 0.3 is 0 Å². The van der Waals surface area contributed by atoms with Gasteiger partial charge in [0.25, 0.3) is 0 Å². The monoisotopic (exact) mass is 1050 g/mol. The van der Waals surface area contributed by atoms with Crippen LogP contribution in [0.5, 0.6) is 0 Å². The maximum atomic E-state index is 12.3. The van der Waals surface area contributed by atoms with Crippen LogP contribution in [0.15, 0.2) is 0 Å². The number of rotatable bonds is 10. The molecule has 73 heavy (non-hydrogen) atoms. The first-order chi connectivity index (χ1) is 34.2. The molecule has 5 saturated carbocycles. The van der Waals surface area contributed by atoms with Crippen LogP contribution in [0.3, 0.4) is 0 Å². The van der Waals surface area contributed by atoms with Crippen molar-refractivity contribution in [1.82, 2.24) is 0 Å². The molecule has 10 aliphatic rings. The Kier molecular flexibility index (Phi) is 14.8. The average Bonchev–Trinajstić information content (AvgIpc) is 3.62. The van der Waals surface area contributed by atoms with Gasteiger partial charge in [-0.1, -0.05) is 34.6 Å². The number of aliphatic hydroxyl groups is 13. The molecule has 1 spiro atoms. The van der Waals surface area contributed by atoms with Crippen molar-refractivity contribution in [3.05, 3.63) is 0 Å². The summed E-state index contributed by atoms with van der Waals surface area (Å²) in [5, 5.41) is 142. The molecule has 0 aromatic heterocycles. The van der Waals surface area contributed by atoms with Crippen LogP contribution in [0.4, 0.5) is 0 Å². The lowest BCUT2D eigenvalue weighted by Crippen LogP contribution is -2.74. The number of hydrogen-bond acceptors (Lipinski definition) is 22. The van der Waals surface area contributed by atoms with E-state index in [9.17, 15) is 66.4 Å². The van der Waals surface area contributed by atoms with Gasteiger partial charge in [-0.3, -0.25) is 0 Å². The molecule has 22 nitrogen and oxygen atoms in total. The molecule has 0 radical (unpaired) electrons. The molecule has 2 bridgehead atoms. The Morgan fingerprint density at radius 1 is 0.521 bits per heavy atom. The summed E-state index contributed by atoms with van der Waals surface area (Å²) in [5.41, 5.74) is -2.90. The first-order valence-corrected chi connectivity index (χ1v) is 26.8. The molecule has 22 heteroatoms. The standard InChI is InChI=1S/C51H84O22/c1-45(2)26-7-11-48(5)27(8-12-51-28-15-46(3,64)13-14-50(28,21-67-51)29(55)16-49(48,51)6)47(26,4)10-9-30(45)71-43-39(73-42-38(63)35(60)32(57)23(17-52)68-42)34(59)25(20-66-43)70-44-40(36(61)33(58)24(18-53)69-44)72-41-37(62)31(56)22(54)19-65-41/h22-44,52-64H,7-21H2,1-6H3/t22-,23-,24-,25+,26+,27-,28-,29-,30+,31+,32-,33-,34+,35+,36+,37-,38-,39-,40-,41+,42+,43+,44+,46?,47+,48-,49+,50-,51+/m1/s1. The highest BCUT2D eigenvalue weighted by Gasteiger charge is 2.80. The summed E-state index contributed by atoms with van der Waals surface area (Å²) in [4.78, 5) is 0. The summed E-state index contributed by atoms with van der Waals surface area (Å²) in [6.07, 6.45) is -23.4. The average molecular weight is 1050 g/mol. The maximum Gasteiger partial charge on any atom is 0.187 e. The molecule has 10 rings (SSSR count). The number of fused-ring (bicyclic) bond motifs is 4. The van der Waals surface area contributed by atoms with E-state index in [0.717, 1.165) is 38.5 Å². The van der Waals surface area contributed by atoms with E-state index in [1.165, 1.54) is 0 Å². The molecular formula is C51H84O22. The second-order valence-corrected chi connectivity index (χ2v) is 25.5. The molecule has 420 valence electrons. The highest BCUT2D eigenvalue weighted by Crippen LogP contribution is 2.80. The third-order valence-electron chi connectivity index (χ3n) is 21.6. The van der Waals surface area contributed by atoms with E-state index in [1.807, 2.05) is 6.92 Å². The van der Waals surface area contributed by atoms with E-state index in [0.29, 0.717) is 32.3 Å². The van der Waals surface area contributed by atoms with Crippen molar-refractivity contribution in [2.24, 2.45) is 44.8 Å². The summed E-state index contributed by atoms with van der Waals surface area (Å²) >= 11 is 0. The molecule has 13 N–H and O–H groups in total. The lowest BCUT2D eigenvalue weighted by molar-refractivity contribution is -0.392. The van der Waals surface area contributed by atoms with E-state index < -0.39 is 166 Å². The molecule has 5 aliphatic carbocycles. The van der Waals surface area contributed by atoms with Crippen LogP contribution in [0, 0.1) is 44.8 Å². The van der Waals surface area contributed by atoms with Crippen LogP contribution < -0.4 is 0 Å². The van der Waals surface area contributed by atoms with E-state index in [2.05, 4.69) is 34.6 Å². The van der Waals surface area contributed by atoms with Crippen LogP contribution in [0.1, 0.15) is 106 Å². The third-order valence-corrected chi connectivity index (χ3v) is 21.6. The first kappa shape index (κ1) is 55.4. The van der Waals surface area contributed by atoms with E-state index >= 15 is 0 Å². The van der Waals surface area contributed by atoms with Crippen molar-refractivity contribution >= 4 is 0 Å². The molecule has 5 heterocycles. The van der Waals surface area contributed by atoms with Crippen LogP contribution in [-0.4, -0.2) is 233 Å². The van der Waals surface area contributed by atoms with Gasteiger partial charge in [0, 0.05) is 16.7 Å². The Balaban J connectivity index is 0.900. The minimum absolute atomic E-state index is 0.0493. The molecule has 29 atom stereocenters. The van der Waals surface area contributed by atoms with E-state index in [-0.39, 0.29) is 39.4 Å². The zero-order valence-corrected chi connectivity index (χ0v) is 42.9. The number of ether oxygens (including phenoxy) is 9. The molecule has 0 aromatic rings. The maximum absolute atomic E-state index is 12.3. The highest BCUT2D eigenvalue weighted by atomic mass is 16.8. The minimum Gasteiger partial charge on any atom is -0.394 e. The lowest BCUT2D eigenvalue weighted by Gasteiger charge is -2.75. The van der Waals surface area contributed by atoms with Crippen molar-refractivity contribution in [3.8, 4) is 0 Å². The summed E-state index contributed by atoms with van der Waals surface area (Å²) in [6.45, 7) is 11.6. The fraction of sp³-hybridized carbons (Fsp3) is 1.00. The topological polar surface area (TPSA) is 346 Å². The largest absolute Gasteiger partial charge is 0.394 e. The van der Waals surface area contributed by atoms with Crippen LogP contribution in [-0.2, 0) is 42.6 Å². The molecule has 0 amide bonds. The van der Waals surface area contributed by atoms with Crippen molar-refractivity contribution in [2.45, 2.75) is 240 Å². The molecule has 10 fully saturated rings. The van der Waals surface area contributed by atoms with Crippen LogP contribution in [0.25, 0.3) is 0 Å². The second kappa shape index (κ2) is 19.4. The zero-order chi connectivity index (χ0) is 52.7. The van der Waals surface area contributed by atoms with Gasteiger partial charge in [-0.05, 0) is 99.2 Å². The smallest absolute Gasteiger partial charge is 0.187 e. The Bertz CT molecular complexity index is 1970. The Hall–Kier alpha value is -0.880. The van der Waals surface area contributed by atoms with Crippen LogP contribution in [0.2, 0.25) is 0 Å². The molecule has 5 saturated heterocycles. The predicted octanol–water partition coefficient (Wildman–Crippen LogP) is -2.35. The SMILES string of the molecule is CC1(O)CC[C@]23CO[C@@]4(CC[C@@H]5[C@@]6(C)CC[C@H](O[C@@H]7OC[C@H](O[C@@H]8O[C@H](CO)[C@@H](O)[C@H](O)[C@H]8O[C@@H]8OC[C@@H](O)[C@H](O)[C@H]8O)[C@H](O)[C@H]7O[C@@H]7O[C@H](CO)[C@@H](O)[C@H](O)[C@H]7O)C(C)(C)[C@@H]6CC[C@@]5(C)[C@]4(C)C[C@H]2O)[C@@H]3C1. The summed E-state index contributed by atoms with van der Waals surface area (Å²) < 4.78 is 55.8. The highest BCUT2D eigenvalue weighted by molar-refractivity contribution is 5.28. The predicted molar refractivity (Wildman–Crippen MR) is 247 cm³/mol. The van der Waals surface area contributed by atoms with Gasteiger partial charge in [0.2, 0.25) is 0 Å². The Morgan fingerprint density at radius 2 is 1.14 bits per heavy atom. The molecule has 0 aromatic carbocycles. The number of hydrogen-bond donors (Lipinski definition) is 13. The van der Waals surface area contributed by atoms with Crippen LogP contribution >= 0.6 is 0 Å². The minimum atomic E-state index is -1.88. The van der Waals surface area contributed by atoms with Gasteiger partial charge in [-0.15, -0.1) is 0 Å². The normalized spacial score (nSPS) is 58.8. The fourth-order valence-electron chi connectivity index (χ4n) is 17.2. The van der Waals surface area contributed by atoms with Crippen molar-refractivity contribution in [2.75, 3.05) is 33.0 Å². The van der Waals surface area contributed by atoms with Crippen molar-refractivity contribution in [1.29, 1.82) is 0 Å². The number of aliphatic hydroxyl groups excluding tert-OH is 12. The second-order valence-electron chi connectivity index (χ2n) is 25.5. The summed E-state index contributed by atoms with van der Waals surface area (Å²) in [5.74, 6) is 0.447. The Labute approximate surface area is 425 Å². The van der Waals surface area contributed by atoms with Gasteiger partial charge < -0.3 is 109 Å². The first-order valence-electron chi connectivity index (χ1n) is 26.8. The van der Waals surface area contributed by atoms with Crippen molar-refractivity contribution in [3.63, 3.8) is 0 Å². The summed E-state index contributed by atoms with van der Waals surface area (Å²) in [6, 6.07) is 0. The fourth-order valence-corrected chi connectivity index (χ4v) is 17.2. The van der Waals surface area contributed by atoms with Gasteiger partial charge in [-0.25, -0.2) is 0 Å². The van der Waals surface area contributed by atoms with Crippen molar-refractivity contribution < 1.29 is 109 Å². The molecular weight excluding hydrogens is 965 g/mol. The molecule has 5 aliphatic heterocycles.